The smallest absolute Gasteiger partial charge is 0.311 e. The van der Waals surface area contributed by atoms with Crippen LogP contribution in [0, 0.1) is 5.41 Å². The molecule has 1 aliphatic rings. The average molecular weight is 295 g/mol. The summed E-state index contributed by atoms with van der Waals surface area (Å²) in [4.78, 5) is 13.9. The van der Waals surface area contributed by atoms with E-state index in [1.807, 2.05) is 14.1 Å². The maximum atomic E-state index is 11.8. The summed E-state index contributed by atoms with van der Waals surface area (Å²) < 4.78 is 1.70. The molecule has 21 heavy (non-hydrogen) atoms. The third-order valence-electron chi connectivity index (χ3n) is 4.36. The van der Waals surface area contributed by atoms with Gasteiger partial charge in [-0.05, 0) is 37.4 Å². The van der Waals surface area contributed by atoms with Crippen molar-refractivity contribution in [2.75, 3.05) is 20.6 Å². The maximum absolute atomic E-state index is 11.8. The van der Waals surface area contributed by atoms with Gasteiger partial charge in [-0.15, -0.1) is 5.10 Å². The van der Waals surface area contributed by atoms with Crippen LogP contribution in [0.15, 0.2) is 0 Å². The fourth-order valence-electron chi connectivity index (χ4n) is 2.98. The maximum Gasteiger partial charge on any atom is 0.311 e. The predicted octanol–water partition coefficient (Wildman–Crippen LogP) is 1.20. The minimum atomic E-state index is -0.710. The van der Waals surface area contributed by atoms with Crippen molar-refractivity contribution in [3.63, 3.8) is 0 Å². The molecule has 1 aromatic heterocycles. The topological polar surface area (TPSA) is 84.1 Å². The lowest BCUT2D eigenvalue weighted by Gasteiger charge is -2.28. The molecule has 0 aliphatic heterocycles. The number of hydrogen-bond acceptors (Lipinski definition) is 5. The first kappa shape index (κ1) is 15.9. The highest BCUT2D eigenvalue weighted by Crippen LogP contribution is 2.37. The third-order valence-corrected chi connectivity index (χ3v) is 4.36. The Morgan fingerprint density at radius 2 is 1.95 bits per heavy atom. The van der Waals surface area contributed by atoms with Crippen molar-refractivity contribution in [2.45, 2.75) is 51.5 Å². The molecule has 0 atom stereocenters. The van der Waals surface area contributed by atoms with E-state index in [-0.39, 0.29) is 0 Å². The summed E-state index contributed by atoms with van der Waals surface area (Å²) in [5.41, 5.74) is -0.710. The molecule has 7 heteroatoms. The summed E-state index contributed by atoms with van der Waals surface area (Å²) in [5.74, 6) is 0.0621. The lowest BCUT2D eigenvalue weighted by molar-refractivity contribution is -0.151. The zero-order valence-corrected chi connectivity index (χ0v) is 13.0. The van der Waals surface area contributed by atoms with Gasteiger partial charge in [0.15, 0.2) is 5.82 Å². The minimum Gasteiger partial charge on any atom is -0.481 e. The Hall–Kier alpha value is -1.50. The van der Waals surface area contributed by atoms with Gasteiger partial charge in [0, 0.05) is 13.0 Å². The first-order valence-electron chi connectivity index (χ1n) is 7.67. The molecule has 1 N–H and O–H groups in total. The molecule has 0 saturated heterocycles. The van der Waals surface area contributed by atoms with Crippen LogP contribution in [0.5, 0.6) is 0 Å². The second kappa shape index (κ2) is 6.98. The van der Waals surface area contributed by atoms with E-state index < -0.39 is 11.4 Å². The van der Waals surface area contributed by atoms with Crippen LogP contribution in [0.2, 0.25) is 0 Å². The van der Waals surface area contributed by atoms with Crippen molar-refractivity contribution in [2.24, 2.45) is 5.41 Å². The zero-order valence-electron chi connectivity index (χ0n) is 13.0. The van der Waals surface area contributed by atoms with Gasteiger partial charge in [-0.1, -0.05) is 25.7 Å². The number of carboxylic acid groups (broad SMARTS) is 1. The molecule has 118 valence electrons. The molecule has 1 aromatic rings. The quantitative estimate of drug-likeness (QED) is 0.794. The van der Waals surface area contributed by atoms with E-state index in [4.69, 9.17) is 0 Å². The SMILES string of the molecule is CN(C)CCc1nnnn1CC1(C(=O)O)CCCCCC1. The van der Waals surface area contributed by atoms with Gasteiger partial charge in [-0.3, -0.25) is 4.79 Å². The molecule has 0 amide bonds. The van der Waals surface area contributed by atoms with Crippen molar-refractivity contribution in [3.8, 4) is 0 Å². The number of carboxylic acids is 1. The average Bonchev–Trinajstić information content (AvgIpc) is 2.71. The number of likely N-dealkylation sites (N-methyl/N-ethyl adjacent to an activating group) is 1. The number of aliphatic carboxylic acids is 1. The highest BCUT2D eigenvalue weighted by atomic mass is 16.4. The molecular weight excluding hydrogens is 270 g/mol. The van der Waals surface area contributed by atoms with Crippen molar-refractivity contribution in [1.82, 2.24) is 25.1 Å². The van der Waals surface area contributed by atoms with Crippen LogP contribution in [0.4, 0.5) is 0 Å². The van der Waals surface area contributed by atoms with Crippen molar-refractivity contribution < 1.29 is 9.90 Å². The molecule has 1 aliphatic carbocycles. The summed E-state index contributed by atoms with van der Waals surface area (Å²) in [5, 5.41) is 21.5. The van der Waals surface area contributed by atoms with Gasteiger partial charge in [0.05, 0.1) is 12.0 Å². The van der Waals surface area contributed by atoms with Crippen LogP contribution in [-0.2, 0) is 17.8 Å². The van der Waals surface area contributed by atoms with E-state index in [0.29, 0.717) is 6.54 Å². The summed E-state index contributed by atoms with van der Waals surface area (Å²) in [7, 11) is 4.00. The highest BCUT2D eigenvalue weighted by Gasteiger charge is 2.40. The Bertz CT molecular complexity index is 464. The Balaban J connectivity index is 2.13. The molecule has 0 bridgehead atoms. The molecule has 0 unspecified atom stereocenters. The molecule has 0 radical (unpaired) electrons. The van der Waals surface area contributed by atoms with E-state index >= 15 is 0 Å². The van der Waals surface area contributed by atoms with Gasteiger partial charge in [0.2, 0.25) is 0 Å². The second-order valence-corrected chi connectivity index (χ2v) is 6.31. The highest BCUT2D eigenvalue weighted by molar-refractivity contribution is 5.74. The van der Waals surface area contributed by atoms with E-state index in [1.54, 1.807) is 4.68 Å². The standard InChI is InChI=1S/C14H25N5O2/c1-18(2)10-7-12-15-16-17-19(12)11-14(13(20)21)8-5-3-4-6-9-14/h3-11H2,1-2H3,(H,20,21). The predicted molar refractivity (Wildman–Crippen MR) is 77.8 cm³/mol. The van der Waals surface area contributed by atoms with Crippen LogP contribution < -0.4 is 0 Å². The molecular formula is C14H25N5O2. The second-order valence-electron chi connectivity index (χ2n) is 6.31. The summed E-state index contributed by atoms with van der Waals surface area (Å²) >= 11 is 0. The van der Waals surface area contributed by atoms with Crippen LogP contribution in [0.3, 0.4) is 0 Å². The largest absolute Gasteiger partial charge is 0.481 e. The molecule has 0 aromatic carbocycles. The lowest BCUT2D eigenvalue weighted by Crippen LogP contribution is -2.36. The Labute approximate surface area is 125 Å². The van der Waals surface area contributed by atoms with E-state index in [9.17, 15) is 9.90 Å². The fraction of sp³-hybridized carbons (Fsp3) is 0.857. The Kier molecular flexibility index (Phi) is 5.27. The number of rotatable bonds is 6. The fourth-order valence-corrected chi connectivity index (χ4v) is 2.98. The van der Waals surface area contributed by atoms with Gasteiger partial charge in [0.25, 0.3) is 0 Å². The first-order chi connectivity index (χ1) is 10.0. The number of nitrogens with zero attached hydrogens (tertiary/aromatic N) is 5. The van der Waals surface area contributed by atoms with Crippen molar-refractivity contribution in [1.29, 1.82) is 0 Å². The summed E-state index contributed by atoms with van der Waals surface area (Å²) in [6, 6.07) is 0. The van der Waals surface area contributed by atoms with Gasteiger partial charge in [0.1, 0.15) is 0 Å². The third kappa shape index (κ3) is 4.00. The lowest BCUT2D eigenvalue weighted by atomic mass is 9.80. The number of carbonyl (C=O) groups is 1. The Morgan fingerprint density at radius 1 is 1.29 bits per heavy atom. The molecule has 7 nitrogen and oxygen atoms in total. The van der Waals surface area contributed by atoms with Gasteiger partial charge in [-0.25, -0.2) is 4.68 Å². The zero-order chi connectivity index (χ0) is 15.3. The molecule has 2 rings (SSSR count). The van der Waals surface area contributed by atoms with Crippen molar-refractivity contribution in [3.05, 3.63) is 5.82 Å². The van der Waals surface area contributed by atoms with Crippen LogP contribution in [-0.4, -0.2) is 56.8 Å². The summed E-state index contributed by atoms with van der Waals surface area (Å²) in [6.45, 7) is 1.23. The molecule has 0 spiro atoms. The van der Waals surface area contributed by atoms with Crippen LogP contribution in [0.25, 0.3) is 0 Å². The summed E-state index contributed by atoms with van der Waals surface area (Å²) in [6.07, 6.45) is 6.36. The van der Waals surface area contributed by atoms with Gasteiger partial charge in [-0.2, -0.15) is 0 Å². The molecule has 1 fully saturated rings. The van der Waals surface area contributed by atoms with Gasteiger partial charge < -0.3 is 10.0 Å². The Morgan fingerprint density at radius 3 is 2.52 bits per heavy atom. The number of hydrogen-bond donors (Lipinski definition) is 1. The monoisotopic (exact) mass is 295 g/mol. The van der Waals surface area contributed by atoms with Crippen molar-refractivity contribution >= 4 is 5.97 Å². The normalized spacial score (nSPS) is 18.6. The molecule has 1 saturated carbocycles. The van der Waals surface area contributed by atoms with Crippen LogP contribution >= 0.6 is 0 Å². The minimum absolute atomic E-state index is 0.387. The number of aromatic nitrogens is 4. The van der Waals surface area contributed by atoms with E-state index in [2.05, 4.69) is 20.4 Å². The van der Waals surface area contributed by atoms with Gasteiger partial charge >= 0.3 is 5.97 Å². The first-order valence-corrected chi connectivity index (χ1v) is 7.67. The van der Waals surface area contributed by atoms with Crippen LogP contribution in [0.1, 0.15) is 44.3 Å². The van der Waals surface area contributed by atoms with E-state index in [0.717, 1.165) is 57.3 Å². The number of tetrazole rings is 1. The molecule has 1 heterocycles. The van der Waals surface area contributed by atoms with E-state index in [1.165, 1.54) is 0 Å².